The molecule has 6 heteroatoms. The van der Waals surface area contributed by atoms with Gasteiger partial charge in [-0.25, -0.2) is 4.98 Å². The van der Waals surface area contributed by atoms with Gasteiger partial charge in [0.2, 0.25) is 5.89 Å². The Morgan fingerprint density at radius 1 is 1.45 bits per heavy atom. The molecule has 0 spiro atoms. The number of likely N-dealkylation sites (tertiary alicyclic amines) is 1. The van der Waals surface area contributed by atoms with Crippen molar-refractivity contribution in [3.8, 4) is 0 Å². The van der Waals surface area contributed by atoms with E-state index in [4.69, 9.17) is 4.42 Å². The molecule has 0 radical (unpaired) electrons. The van der Waals surface area contributed by atoms with Crippen molar-refractivity contribution in [3.63, 3.8) is 0 Å². The molecule has 0 amide bonds. The maximum Gasteiger partial charge on any atom is 0.208 e. The molecule has 0 N–H and O–H groups in total. The van der Waals surface area contributed by atoms with Crippen molar-refractivity contribution in [2.75, 3.05) is 13.1 Å². The molecule has 108 valence electrons. The van der Waals surface area contributed by atoms with E-state index in [9.17, 15) is 0 Å². The van der Waals surface area contributed by atoms with Gasteiger partial charge in [0.1, 0.15) is 5.76 Å². The van der Waals surface area contributed by atoms with E-state index >= 15 is 0 Å². The summed E-state index contributed by atoms with van der Waals surface area (Å²) in [6, 6.07) is 0.445. The molecule has 5 nitrogen and oxygen atoms in total. The van der Waals surface area contributed by atoms with Gasteiger partial charge in [-0.3, -0.25) is 9.58 Å². The van der Waals surface area contributed by atoms with Gasteiger partial charge in [0.25, 0.3) is 0 Å². The summed E-state index contributed by atoms with van der Waals surface area (Å²) in [4.78, 5) is 6.74. The van der Waals surface area contributed by atoms with E-state index in [1.54, 1.807) is 0 Å². The highest BCUT2D eigenvalue weighted by Gasteiger charge is 2.25. The van der Waals surface area contributed by atoms with Crippen molar-refractivity contribution in [1.29, 1.82) is 0 Å². The number of halogens is 1. The van der Waals surface area contributed by atoms with Crippen LogP contribution >= 0.6 is 15.9 Å². The summed E-state index contributed by atoms with van der Waals surface area (Å²) in [5, 5.41) is 4.37. The third-order valence-electron chi connectivity index (χ3n) is 3.69. The quantitative estimate of drug-likeness (QED) is 0.858. The first-order chi connectivity index (χ1) is 9.61. The van der Waals surface area contributed by atoms with Crippen LogP contribution in [0.5, 0.6) is 0 Å². The van der Waals surface area contributed by atoms with Crippen molar-refractivity contribution in [3.05, 3.63) is 34.7 Å². The van der Waals surface area contributed by atoms with Gasteiger partial charge in [0.15, 0.2) is 0 Å². The lowest BCUT2D eigenvalue weighted by Crippen LogP contribution is -2.21. The van der Waals surface area contributed by atoms with Crippen LogP contribution in [0, 0.1) is 0 Å². The van der Waals surface area contributed by atoms with E-state index in [-0.39, 0.29) is 0 Å². The Morgan fingerprint density at radius 2 is 2.30 bits per heavy atom. The van der Waals surface area contributed by atoms with Crippen LogP contribution in [0.2, 0.25) is 0 Å². The SMILES string of the molecule is CC(C)c1cnc(CN2CCC(n3cc(Br)cn3)C2)o1. The summed E-state index contributed by atoms with van der Waals surface area (Å²) >= 11 is 3.44. The average molecular weight is 339 g/mol. The number of rotatable bonds is 4. The highest BCUT2D eigenvalue weighted by Crippen LogP contribution is 2.24. The topological polar surface area (TPSA) is 47.1 Å². The summed E-state index contributed by atoms with van der Waals surface area (Å²) < 4.78 is 8.84. The van der Waals surface area contributed by atoms with E-state index in [0.717, 1.165) is 42.2 Å². The third kappa shape index (κ3) is 2.96. The summed E-state index contributed by atoms with van der Waals surface area (Å²) in [7, 11) is 0. The van der Waals surface area contributed by atoms with Crippen LogP contribution in [-0.2, 0) is 6.54 Å². The number of hydrogen-bond donors (Lipinski definition) is 0. The Labute approximate surface area is 127 Å². The number of nitrogens with zero attached hydrogens (tertiary/aromatic N) is 4. The lowest BCUT2D eigenvalue weighted by Gasteiger charge is -2.14. The van der Waals surface area contributed by atoms with Crippen molar-refractivity contribution in [2.24, 2.45) is 0 Å². The second kappa shape index (κ2) is 5.69. The predicted molar refractivity (Wildman–Crippen MR) is 79.5 cm³/mol. The minimum Gasteiger partial charge on any atom is -0.444 e. The molecular weight excluding hydrogens is 320 g/mol. The zero-order valence-corrected chi connectivity index (χ0v) is 13.4. The summed E-state index contributed by atoms with van der Waals surface area (Å²) in [5.74, 6) is 2.17. The van der Waals surface area contributed by atoms with Crippen molar-refractivity contribution in [1.82, 2.24) is 19.7 Å². The molecule has 20 heavy (non-hydrogen) atoms. The average Bonchev–Trinajstić information content (AvgIpc) is 3.09. The van der Waals surface area contributed by atoms with Crippen molar-refractivity contribution in [2.45, 2.75) is 38.8 Å². The van der Waals surface area contributed by atoms with Crippen LogP contribution in [0.3, 0.4) is 0 Å². The van der Waals surface area contributed by atoms with Crippen LogP contribution in [0.25, 0.3) is 0 Å². The fraction of sp³-hybridized carbons (Fsp3) is 0.571. The molecular formula is C14H19BrN4O. The molecule has 0 aromatic carbocycles. The van der Waals surface area contributed by atoms with Gasteiger partial charge in [0, 0.05) is 25.2 Å². The standard InChI is InChI=1S/C14H19BrN4O/c1-10(2)13-6-16-14(20-13)9-18-4-3-12(8-18)19-7-11(15)5-17-19/h5-7,10,12H,3-4,8-9H2,1-2H3. The predicted octanol–water partition coefficient (Wildman–Crippen LogP) is 3.20. The molecule has 1 fully saturated rings. The zero-order valence-electron chi connectivity index (χ0n) is 11.8. The minimum atomic E-state index is 0.393. The normalized spacial score (nSPS) is 20.1. The summed E-state index contributed by atoms with van der Waals surface area (Å²) in [5.41, 5.74) is 0. The molecule has 1 saturated heterocycles. The van der Waals surface area contributed by atoms with Crippen LogP contribution in [0.1, 0.15) is 43.9 Å². The first kappa shape index (κ1) is 13.8. The number of oxazole rings is 1. The smallest absolute Gasteiger partial charge is 0.208 e. The minimum absolute atomic E-state index is 0.393. The van der Waals surface area contributed by atoms with Crippen molar-refractivity contribution >= 4 is 15.9 Å². The van der Waals surface area contributed by atoms with Gasteiger partial charge in [0.05, 0.1) is 29.5 Å². The first-order valence-electron chi connectivity index (χ1n) is 6.98. The van der Waals surface area contributed by atoms with Crippen LogP contribution in [-0.4, -0.2) is 32.8 Å². The van der Waals surface area contributed by atoms with Crippen LogP contribution in [0.15, 0.2) is 27.5 Å². The molecule has 2 aromatic rings. The largest absolute Gasteiger partial charge is 0.444 e. The Balaban J connectivity index is 1.59. The Bertz CT molecular complexity index is 577. The highest BCUT2D eigenvalue weighted by atomic mass is 79.9. The molecule has 3 rings (SSSR count). The zero-order chi connectivity index (χ0) is 14.1. The maximum atomic E-state index is 5.77. The first-order valence-corrected chi connectivity index (χ1v) is 7.77. The fourth-order valence-corrected chi connectivity index (χ4v) is 2.84. The number of aromatic nitrogens is 3. The van der Waals surface area contributed by atoms with E-state index in [1.165, 1.54) is 0 Å². The van der Waals surface area contributed by atoms with Crippen LogP contribution in [0.4, 0.5) is 0 Å². The number of hydrogen-bond acceptors (Lipinski definition) is 4. The van der Waals surface area contributed by atoms with E-state index in [1.807, 2.05) is 23.3 Å². The molecule has 0 aliphatic carbocycles. The molecule has 0 saturated carbocycles. The van der Waals surface area contributed by atoms with Gasteiger partial charge in [-0.2, -0.15) is 5.10 Å². The molecule has 1 unspecified atom stereocenters. The third-order valence-corrected chi connectivity index (χ3v) is 4.10. The van der Waals surface area contributed by atoms with E-state index in [2.05, 4.69) is 44.8 Å². The fourth-order valence-electron chi connectivity index (χ4n) is 2.54. The maximum absolute atomic E-state index is 5.77. The van der Waals surface area contributed by atoms with Crippen LogP contribution < -0.4 is 0 Å². The van der Waals surface area contributed by atoms with Gasteiger partial charge < -0.3 is 4.42 Å². The highest BCUT2D eigenvalue weighted by molar-refractivity contribution is 9.10. The molecule has 2 aromatic heterocycles. The monoisotopic (exact) mass is 338 g/mol. The molecule has 1 aliphatic rings. The Morgan fingerprint density at radius 3 is 2.95 bits per heavy atom. The molecule has 1 aliphatic heterocycles. The van der Waals surface area contributed by atoms with Crippen molar-refractivity contribution < 1.29 is 4.42 Å². The summed E-state index contributed by atoms with van der Waals surface area (Å²) in [6.07, 6.45) is 6.84. The summed E-state index contributed by atoms with van der Waals surface area (Å²) in [6.45, 7) is 7.07. The lowest BCUT2D eigenvalue weighted by atomic mass is 10.2. The van der Waals surface area contributed by atoms with Gasteiger partial charge in [-0.1, -0.05) is 13.8 Å². The Hall–Kier alpha value is -1.14. The van der Waals surface area contributed by atoms with E-state index in [0.29, 0.717) is 12.0 Å². The second-order valence-electron chi connectivity index (χ2n) is 5.63. The van der Waals surface area contributed by atoms with Gasteiger partial charge in [-0.15, -0.1) is 0 Å². The van der Waals surface area contributed by atoms with Gasteiger partial charge >= 0.3 is 0 Å². The Kier molecular flexibility index (Phi) is 3.94. The lowest BCUT2D eigenvalue weighted by molar-refractivity contribution is 0.272. The second-order valence-corrected chi connectivity index (χ2v) is 6.54. The molecule has 1 atom stereocenters. The van der Waals surface area contributed by atoms with Gasteiger partial charge in [-0.05, 0) is 22.4 Å². The molecule has 3 heterocycles. The molecule has 0 bridgehead atoms. The van der Waals surface area contributed by atoms with E-state index < -0.39 is 0 Å².